The van der Waals surface area contributed by atoms with Crippen LogP contribution in [0.25, 0.3) is 5.82 Å². The summed E-state index contributed by atoms with van der Waals surface area (Å²) in [5.41, 5.74) is 0.780. The van der Waals surface area contributed by atoms with Crippen LogP contribution in [0.4, 0.5) is 0 Å². The topological polar surface area (TPSA) is 107 Å². The fourth-order valence-electron chi connectivity index (χ4n) is 2.42. The number of pyridine rings is 1. The predicted molar refractivity (Wildman–Crippen MR) is 77.8 cm³/mol. The number of aromatic nitrogens is 4. The van der Waals surface area contributed by atoms with Crippen molar-refractivity contribution in [1.29, 1.82) is 0 Å². The first-order valence-electron chi connectivity index (χ1n) is 6.82. The van der Waals surface area contributed by atoms with Crippen molar-refractivity contribution in [3.8, 4) is 5.82 Å². The number of hydrogen-bond acceptors (Lipinski definition) is 6. The lowest BCUT2D eigenvalue weighted by atomic mass is 10.1. The molecule has 0 spiro atoms. The first kappa shape index (κ1) is 14.6. The van der Waals surface area contributed by atoms with E-state index in [2.05, 4.69) is 20.4 Å². The molecule has 116 valence electrons. The van der Waals surface area contributed by atoms with E-state index in [0.717, 1.165) is 5.56 Å². The van der Waals surface area contributed by atoms with Crippen molar-refractivity contribution in [2.24, 2.45) is 5.92 Å². The molecule has 1 aliphatic heterocycles. The Labute approximate surface area is 127 Å². The lowest BCUT2D eigenvalue weighted by Gasteiger charge is -2.11. The molecular formula is C13H15N5O3S. The summed E-state index contributed by atoms with van der Waals surface area (Å²) in [5.74, 6) is -0.102. The van der Waals surface area contributed by atoms with Gasteiger partial charge in [-0.05, 0) is 12.5 Å². The van der Waals surface area contributed by atoms with E-state index in [1.54, 1.807) is 12.3 Å². The van der Waals surface area contributed by atoms with Crippen LogP contribution in [0, 0.1) is 5.92 Å². The molecule has 9 heteroatoms. The number of sulfone groups is 1. The molecule has 1 saturated heterocycles. The fraction of sp³-hybridized carbons (Fsp3) is 0.385. The van der Waals surface area contributed by atoms with Crippen molar-refractivity contribution < 1.29 is 13.2 Å². The fourth-order valence-corrected chi connectivity index (χ4v) is 4.16. The van der Waals surface area contributed by atoms with Crippen LogP contribution >= 0.6 is 0 Å². The Morgan fingerprint density at radius 1 is 1.45 bits per heavy atom. The molecule has 0 saturated carbocycles. The Hall–Kier alpha value is -2.29. The van der Waals surface area contributed by atoms with Gasteiger partial charge in [0.05, 0.1) is 17.4 Å². The van der Waals surface area contributed by atoms with E-state index in [1.807, 2.05) is 6.07 Å². The maximum absolute atomic E-state index is 12.1. The number of carbonyl (C=O) groups is 1. The Balaban J connectivity index is 1.69. The number of rotatable bonds is 4. The first-order chi connectivity index (χ1) is 10.6. The van der Waals surface area contributed by atoms with Gasteiger partial charge in [-0.15, -0.1) is 0 Å². The molecule has 0 radical (unpaired) electrons. The average Bonchev–Trinajstić information content (AvgIpc) is 3.14. The normalized spacial score (nSPS) is 19.9. The van der Waals surface area contributed by atoms with E-state index >= 15 is 0 Å². The third-order valence-corrected chi connectivity index (χ3v) is 5.33. The van der Waals surface area contributed by atoms with Crippen molar-refractivity contribution in [3.05, 3.63) is 36.5 Å². The molecule has 1 N–H and O–H groups in total. The average molecular weight is 321 g/mol. The van der Waals surface area contributed by atoms with Crippen LogP contribution < -0.4 is 5.32 Å². The number of nitrogens with one attached hydrogen (secondary N) is 1. The van der Waals surface area contributed by atoms with Crippen LogP contribution in [0.5, 0.6) is 0 Å². The number of amides is 1. The van der Waals surface area contributed by atoms with E-state index in [0.29, 0.717) is 12.2 Å². The van der Waals surface area contributed by atoms with Gasteiger partial charge in [0.1, 0.15) is 12.7 Å². The highest BCUT2D eigenvalue weighted by Crippen LogP contribution is 2.18. The summed E-state index contributed by atoms with van der Waals surface area (Å²) in [4.78, 5) is 20.2. The SMILES string of the molecule is O=C(NCc1cccnc1-n1cncn1)[C@@H]1CCS(=O)(=O)C1. The van der Waals surface area contributed by atoms with Crippen molar-refractivity contribution in [2.75, 3.05) is 11.5 Å². The van der Waals surface area contributed by atoms with Gasteiger partial charge in [-0.2, -0.15) is 5.10 Å². The first-order valence-corrected chi connectivity index (χ1v) is 8.64. The van der Waals surface area contributed by atoms with Gasteiger partial charge in [-0.3, -0.25) is 4.79 Å². The molecule has 1 amide bonds. The maximum Gasteiger partial charge on any atom is 0.224 e. The van der Waals surface area contributed by atoms with Gasteiger partial charge in [-0.25, -0.2) is 23.1 Å². The van der Waals surface area contributed by atoms with Gasteiger partial charge in [0.15, 0.2) is 15.7 Å². The van der Waals surface area contributed by atoms with Crippen LogP contribution in [0.2, 0.25) is 0 Å². The van der Waals surface area contributed by atoms with E-state index in [1.165, 1.54) is 17.3 Å². The smallest absolute Gasteiger partial charge is 0.224 e. The standard InChI is InChI=1S/C13H15N5O3S/c19-13(11-3-5-22(20,21)7-11)16-6-10-2-1-4-15-12(10)18-9-14-8-17-18/h1-2,4,8-9,11H,3,5-7H2,(H,16,19)/t11-/m1/s1. The second kappa shape index (κ2) is 5.84. The highest BCUT2D eigenvalue weighted by Gasteiger charge is 2.32. The minimum atomic E-state index is -3.06. The molecule has 2 aromatic heterocycles. The van der Waals surface area contributed by atoms with Crippen molar-refractivity contribution in [3.63, 3.8) is 0 Å². The van der Waals surface area contributed by atoms with Crippen molar-refractivity contribution in [2.45, 2.75) is 13.0 Å². The second-order valence-electron chi connectivity index (χ2n) is 5.14. The Morgan fingerprint density at radius 2 is 2.32 bits per heavy atom. The van der Waals surface area contributed by atoms with E-state index < -0.39 is 15.8 Å². The monoisotopic (exact) mass is 321 g/mol. The van der Waals surface area contributed by atoms with Crippen LogP contribution in [0.3, 0.4) is 0 Å². The zero-order chi connectivity index (χ0) is 15.6. The van der Waals surface area contributed by atoms with Gasteiger partial charge < -0.3 is 5.32 Å². The molecule has 0 aromatic carbocycles. The minimum Gasteiger partial charge on any atom is -0.352 e. The molecule has 0 unspecified atom stereocenters. The zero-order valence-electron chi connectivity index (χ0n) is 11.7. The molecule has 1 atom stereocenters. The van der Waals surface area contributed by atoms with Gasteiger partial charge in [0.2, 0.25) is 5.91 Å². The van der Waals surface area contributed by atoms with Crippen molar-refractivity contribution >= 4 is 15.7 Å². The van der Waals surface area contributed by atoms with Crippen LogP contribution in [-0.2, 0) is 21.2 Å². The summed E-state index contributed by atoms with van der Waals surface area (Å²) in [7, 11) is -3.06. The largest absolute Gasteiger partial charge is 0.352 e. The van der Waals surface area contributed by atoms with Crippen molar-refractivity contribution in [1.82, 2.24) is 25.1 Å². The summed E-state index contributed by atoms with van der Waals surface area (Å²) < 4.78 is 24.4. The molecule has 0 bridgehead atoms. The lowest BCUT2D eigenvalue weighted by molar-refractivity contribution is -0.124. The number of carbonyl (C=O) groups excluding carboxylic acids is 1. The Bertz CT molecular complexity index is 773. The Kier molecular flexibility index (Phi) is 3.88. The summed E-state index contributed by atoms with van der Waals surface area (Å²) in [6.45, 7) is 0.262. The number of nitrogens with zero attached hydrogens (tertiary/aromatic N) is 4. The van der Waals surface area contributed by atoms with Crippen LogP contribution in [-0.4, -0.2) is 45.6 Å². The molecule has 22 heavy (non-hydrogen) atoms. The van der Waals surface area contributed by atoms with E-state index in [4.69, 9.17) is 0 Å². The molecule has 0 aliphatic carbocycles. The van der Waals surface area contributed by atoms with Gasteiger partial charge >= 0.3 is 0 Å². The summed E-state index contributed by atoms with van der Waals surface area (Å²) in [6, 6.07) is 3.59. The molecule has 3 heterocycles. The maximum atomic E-state index is 12.1. The summed E-state index contributed by atoms with van der Waals surface area (Å²) in [5, 5.41) is 6.80. The predicted octanol–water partition coefficient (Wildman–Crippen LogP) is -0.287. The molecular weight excluding hydrogens is 306 g/mol. The third-order valence-electron chi connectivity index (χ3n) is 3.56. The van der Waals surface area contributed by atoms with Crippen LogP contribution in [0.15, 0.2) is 31.0 Å². The number of hydrogen-bond donors (Lipinski definition) is 1. The van der Waals surface area contributed by atoms with Gasteiger partial charge in [0.25, 0.3) is 0 Å². The van der Waals surface area contributed by atoms with Crippen LogP contribution in [0.1, 0.15) is 12.0 Å². The highest BCUT2D eigenvalue weighted by atomic mass is 32.2. The molecule has 3 rings (SSSR count). The molecule has 1 fully saturated rings. The van der Waals surface area contributed by atoms with Gasteiger partial charge in [0, 0.05) is 18.3 Å². The van der Waals surface area contributed by atoms with E-state index in [9.17, 15) is 13.2 Å². The molecule has 8 nitrogen and oxygen atoms in total. The third kappa shape index (κ3) is 3.14. The second-order valence-corrected chi connectivity index (χ2v) is 7.37. The molecule has 2 aromatic rings. The van der Waals surface area contributed by atoms with E-state index in [-0.39, 0.29) is 24.0 Å². The summed E-state index contributed by atoms with van der Waals surface area (Å²) in [6.07, 6.45) is 4.95. The Morgan fingerprint density at radius 3 is 3.00 bits per heavy atom. The quantitative estimate of drug-likeness (QED) is 0.829. The highest BCUT2D eigenvalue weighted by molar-refractivity contribution is 7.91. The minimum absolute atomic E-state index is 0.0677. The molecule has 1 aliphatic rings. The van der Waals surface area contributed by atoms with Gasteiger partial charge in [-0.1, -0.05) is 6.07 Å². The zero-order valence-corrected chi connectivity index (χ0v) is 12.5. The lowest BCUT2D eigenvalue weighted by Crippen LogP contribution is -2.31. The summed E-state index contributed by atoms with van der Waals surface area (Å²) >= 11 is 0.